The Morgan fingerprint density at radius 2 is 1.60 bits per heavy atom. The van der Waals surface area contributed by atoms with Gasteiger partial charge in [0.2, 0.25) is 0 Å². The molecule has 0 aromatic heterocycles. The summed E-state index contributed by atoms with van der Waals surface area (Å²) in [5, 5.41) is 2.16. The van der Waals surface area contributed by atoms with Crippen LogP contribution in [-0.4, -0.2) is 10.5 Å². The number of hydrogen-bond acceptors (Lipinski definition) is 3. The van der Waals surface area contributed by atoms with Gasteiger partial charge in [-0.3, -0.25) is 0 Å². The molecule has 1 unspecified atom stereocenters. The highest BCUT2D eigenvalue weighted by Crippen LogP contribution is 2.58. The number of fused-ring (bicyclic) bond motifs is 6. The number of ether oxygens (including phenoxy) is 1. The Morgan fingerprint density at radius 3 is 2.32 bits per heavy atom. The van der Waals surface area contributed by atoms with Crippen molar-refractivity contribution in [3.63, 3.8) is 0 Å². The molecule has 1 saturated heterocycles. The van der Waals surface area contributed by atoms with Gasteiger partial charge in [0.05, 0.1) is 26.8 Å². The molecule has 2 bridgehead atoms. The summed E-state index contributed by atoms with van der Waals surface area (Å²) in [4.78, 5) is 0.657. The van der Waals surface area contributed by atoms with E-state index in [4.69, 9.17) is 9.52 Å². The molecule has 2 aliphatic rings. The molecule has 0 saturated carbocycles. The molecular formula is C21H19NO2S. The predicted molar refractivity (Wildman–Crippen MR) is 99.4 cm³/mol. The van der Waals surface area contributed by atoms with Crippen LogP contribution in [0.4, 0.5) is 0 Å². The zero-order chi connectivity index (χ0) is 17.2. The highest BCUT2D eigenvalue weighted by Gasteiger charge is 2.46. The summed E-state index contributed by atoms with van der Waals surface area (Å²) in [7, 11) is -2.81. The Bertz CT molecular complexity index is 1100. The van der Waals surface area contributed by atoms with Crippen LogP contribution in [0, 0.1) is 4.78 Å². The highest BCUT2D eigenvalue weighted by atomic mass is 32.2. The van der Waals surface area contributed by atoms with Gasteiger partial charge in [0.1, 0.15) is 0 Å². The van der Waals surface area contributed by atoms with Gasteiger partial charge in [-0.2, -0.15) is 0 Å². The molecule has 126 valence electrons. The zero-order valence-electron chi connectivity index (χ0n) is 13.9. The van der Waals surface area contributed by atoms with Gasteiger partial charge in [-0.05, 0) is 46.0 Å². The Kier molecular flexibility index (Phi) is 3.12. The van der Waals surface area contributed by atoms with Crippen LogP contribution in [0.5, 0.6) is 0 Å². The molecule has 0 amide bonds. The summed E-state index contributed by atoms with van der Waals surface area (Å²) in [5.74, 6) is 0.158. The van der Waals surface area contributed by atoms with Gasteiger partial charge in [0.15, 0.2) is 0 Å². The number of rotatable bonds is 2. The van der Waals surface area contributed by atoms with E-state index in [0.29, 0.717) is 4.90 Å². The molecule has 0 spiro atoms. The largest absolute Gasteiger partial charge is 0.365 e. The maximum absolute atomic E-state index is 12.7. The number of hydrogen-bond donors (Lipinski definition) is 1. The maximum atomic E-state index is 12.7. The van der Waals surface area contributed by atoms with E-state index in [1.807, 2.05) is 24.3 Å². The van der Waals surface area contributed by atoms with E-state index in [9.17, 15) is 4.21 Å². The van der Waals surface area contributed by atoms with E-state index in [1.165, 1.54) is 17.4 Å². The molecule has 0 radical (unpaired) electrons. The summed E-state index contributed by atoms with van der Waals surface area (Å²) in [6.07, 6.45) is 2.53. The molecule has 3 aromatic carbocycles. The standard InChI is InChI=1S/C21H19NO2S/c1-25(22,23)20-11-14-7-3-2-6-13(14)10-17(20)18-12-19-15-8-4-5-9-16(15)21(18)24-19/h2-11,18-19,21-22H,12H2,1H3/t18-,19-,21-,25?/m0/s1. The highest BCUT2D eigenvalue weighted by molar-refractivity contribution is 7.91. The molecule has 1 fully saturated rings. The quantitative estimate of drug-likeness (QED) is 0.693. The van der Waals surface area contributed by atoms with Gasteiger partial charge in [0, 0.05) is 12.2 Å². The second kappa shape index (κ2) is 5.16. The van der Waals surface area contributed by atoms with Crippen LogP contribution in [0.25, 0.3) is 10.8 Å². The Hall–Kier alpha value is -2.17. The molecule has 4 heteroatoms. The third kappa shape index (κ3) is 2.25. The molecule has 0 aliphatic carbocycles. The van der Waals surface area contributed by atoms with Gasteiger partial charge < -0.3 is 4.74 Å². The van der Waals surface area contributed by atoms with Gasteiger partial charge in [-0.1, -0.05) is 48.5 Å². The van der Waals surface area contributed by atoms with Crippen LogP contribution >= 0.6 is 0 Å². The van der Waals surface area contributed by atoms with Gasteiger partial charge in [-0.15, -0.1) is 0 Å². The molecule has 2 aliphatic heterocycles. The Labute approximate surface area is 147 Å². The van der Waals surface area contributed by atoms with Crippen LogP contribution < -0.4 is 0 Å². The molecule has 3 aromatic rings. The first kappa shape index (κ1) is 15.1. The van der Waals surface area contributed by atoms with E-state index in [1.54, 1.807) is 0 Å². The van der Waals surface area contributed by atoms with Crippen molar-refractivity contribution < 1.29 is 8.95 Å². The SMILES string of the molecule is CS(=N)(=O)c1cc2ccccc2cc1[C@@H]1C[C@@H]2O[C@H]1c1ccccc12. The Balaban J connectivity index is 1.72. The second-order valence-corrected chi connectivity index (χ2v) is 9.22. The predicted octanol–water partition coefficient (Wildman–Crippen LogP) is 5.18. The van der Waals surface area contributed by atoms with Gasteiger partial charge in [0.25, 0.3) is 0 Å². The summed E-state index contributed by atoms with van der Waals surface area (Å²) in [5.41, 5.74) is 3.55. The van der Waals surface area contributed by atoms with Crippen molar-refractivity contribution in [1.82, 2.24) is 0 Å². The van der Waals surface area contributed by atoms with Crippen LogP contribution in [0.3, 0.4) is 0 Å². The van der Waals surface area contributed by atoms with Crippen LogP contribution in [0.1, 0.15) is 41.2 Å². The first-order chi connectivity index (χ1) is 12.0. The lowest BCUT2D eigenvalue weighted by molar-refractivity contribution is 0.0673. The van der Waals surface area contributed by atoms with E-state index in [2.05, 4.69) is 36.4 Å². The summed E-state index contributed by atoms with van der Waals surface area (Å²) < 4.78 is 27.1. The first-order valence-corrected chi connectivity index (χ1v) is 10.5. The first-order valence-electron chi connectivity index (χ1n) is 8.53. The molecular weight excluding hydrogens is 330 g/mol. The molecule has 5 rings (SSSR count). The average molecular weight is 349 g/mol. The van der Waals surface area contributed by atoms with E-state index in [-0.39, 0.29) is 18.1 Å². The lowest BCUT2D eigenvalue weighted by atomic mass is 9.79. The van der Waals surface area contributed by atoms with Gasteiger partial charge in [-0.25, -0.2) is 8.99 Å². The number of nitrogens with one attached hydrogen (secondary N) is 1. The summed E-state index contributed by atoms with van der Waals surface area (Å²) in [6.45, 7) is 0. The van der Waals surface area contributed by atoms with E-state index < -0.39 is 9.73 Å². The van der Waals surface area contributed by atoms with E-state index >= 15 is 0 Å². The second-order valence-electron chi connectivity index (χ2n) is 7.10. The minimum Gasteiger partial charge on any atom is -0.365 e. The third-order valence-electron chi connectivity index (χ3n) is 5.49. The van der Waals surface area contributed by atoms with Crippen molar-refractivity contribution in [2.75, 3.05) is 6.26 Å². The fraction of sp³-hybridized carbons (Fsp3) is 0.238. The lowest BCUT2D eigenvalue weighted by Gasteiger charge is -2.24. The zero-order valence-corrected chi connectivity index (χ0v) is 14.8. The van der Waals surface area contributed by atoms with Crippen molar-refractivity contribution in [3.05, 3.63) is 77.4 Å². The normalized spacial score (nSPS) is 26.5. The van der Waals surface area contributed by atoms with Crippen molar-refractivity contribution in [2.45, 2.75) is 29.4 Å². The van der Waals surface area contributed by atoms with E-state index in [0.717, 1.165) is 22.8 Å². The lowest BCUT2D eigenvalue weighted by Crippen LogP contribution is -2.13. The molecule has 1 N–H and O–H groups in total. The fourth-order valence-electron chi connectivity index (χ4n) is 4.39. The van der Waals surface area contributed by atoms with Crippen LogP contribution in [-0.2, 0) is 14.5 Å². The van der Waals surface area contributed by atoms with Crippen molar-refractivity contribution >= 4 is 20.5 Å². The summed E-state index contributed by atoms with van der Waals surface area (Å²) in [6, 6.07) is 20.5. The minimum absolute atomic E-state index is 0.00265. The molecule has 2 heterocycles. The van der Waals surface area contributed by atoms with Crippen LogP contribution in [0.15, 0.2) is 65.6 Å². The fourth-order valence-corrected chi connectivity index (χ4v) is 5.40. The van der Waals surface area contributed by atoms with Crippen molar-refractivity contribution in [3.8, 4) is 0 Å². The third-order valence-corrected chi connectivity index (χ3v) is 6.68. The molecule has 3 nitrogen and oxygen atoms in total. The monoisotopic (exact) mass is 349 g/mol. The smallest absolute Gasteiger partial charge is 0.0906 e. The Morgan fingerprint density at radius 1 is 0.960 bits per heavy atom. The minimum atomic E-state index is -2.81. The maximum Gasteiger partial charge on any atom is 0.0906 e. The van der Waals surface area contributed by atoms with Crippen molar-refractivity contribution in [1.29, 1.82) is 4.78 Å². The van der Waals surface area contributed by atoms with Gasteiger partial charge >= 0.3 is 0 Å². The molecule has 25 heavy (non-hydrogen) atoms. The van der Waals surface area contributed by atoms with Crippen LogP contribution in [0.2, 0.25) is 0 Å². The topological polar surface area (TPSA) is 50.2 Å². The van der Waals surface area contributed by atoms with Crippen molar-refractivity contribution in [2.24, 2.45) is 0 Å². The number of benzene rings is 3. The summed E-state index contributed by atoms with van der Waals surface area (Å²) >= 11 is 0. The average Bonchev–Trinajstić information content (AvgIpc) is 3.19. The molecule has 4 atom stereocenters.